The number of amides is 1. The van der Waals surface area contributed by atoms with Crippen molar-refractivity contribution in [3.8, 4) is 11.5 Å². The maximum atomic E-state index is 13.0. The molecule has 0 bridgehead atoms. The van der Waals surface area contributed by atoms with E-state index in [-0.39, 0.29) is 18.4 Å². The molecule has 5 heteroatoms. The summed E-state index contributed by atoms with van der Waals surface area (Å²) in [6, 6.07) is 15.7. The third-order valence-corrected chi connectivity index (χ3v) is 4.64. The summed E-state index contributed by atoms with van der Waals surface area (Å²) in [5.41, 5.74) is 2.05. The third-order valence-electron chi connectivity index (χ3n) is 4.64. The van der Waals surface area contributed by atoms with E-state index in [1.807, 2.05) is 60.7 Å². The van der Waals surface area contributed by atoms with Crippen LogP contribution in [0.5, 0.6) is 11.5 Å². The highest BCUT2D eigenvalue weighted by Crippen LogP contribution is 2.36. The van der Waals surface area contributed by atoms with Gasteiger partial charge in [-0.25, -0.2) is 0 Å². The highest BCUT2D eigenvalue weighted by molar-refractivity contribution is 5.80. The zero-order valence-electron chi connectivity index (χ0n) is 15.5. The van der Waals surface area contributed by atoms with Crippen LogP contribution in [0, 0.1) is 5.92 Å². The highest BCUT2D eigenvalue weighted by Gasteiger charge is 2.30. The van der Waals surface area contributed by atoms with Gasteiger partial charge in [0, 0.05) is 13.1 Å². The Bertz CT molecular complexity index is 788. The zero-order valence-corrected chi connectivity index (χ0v) is 15.5. The maximum Gasteiger partial charge on any atom is 0.229 e. The Hall–Kier alpha value is -2.79. The van der Waals surface area contributed by atoms with Crippen molar-refractivity contribution in [3.63, 3.8) is 0 Å². The molecule has 142 valence electrons. The van der Waals surface area contributed by atoms with E-state index in [2.05, 4.69) is 0 Å². The molecule has 27 heavy (non-hydrogen) atoms. The summed E-state index contributed by atoms with van der Waals surface area (Å²) >= 11 is 0. The summed E-state index contributed by atoms with van der Waals surface area (Å²) in [7, 11) is 1.61. The second kappa shape index (κ2) is 9.24. The van der Waals surface area contributed by atoms with E-state index in [9.17, 15) is 9.90 Å². The lowest BCUT2D eigenvalue weighted by molar-refractivity contribution is -0.136. The van der Waals surface area contributed by atoms with E-state index >= 15 is 0 Å². The van der Waals surface area contributed by atoms with Crippen LogP contribution in [0.15, 0.2) is 54.6 Å². The Balaban J connectivity index is 1.67. The molecule has 5 nitrogen and oxygen atoms in total. The van der Waals surface area contributed by atoms with Gasteiger partial charge in [0.2, 0.25) is 5.91 Å². The normalized spacial score (nSPS) is 15.9. The molecule has 0 saturated heterocycles. The van der Waals surface area contributed by atoms with Gasteiger partial charge >= 0.3 is 0 Å². The second-order valence-corrected chi connectivity index (χ2v) is 6.48. The molecule has 1 unspecified atom stereocenters. The minimum Gasteiger partial charge on any atom is -0.493 e. The van der Waals surface area contributed by atoms with Gasteiger partial charge in [0.1, 0.15) is 6.61 Å². The number of para-hydroxylation sites is 1. The zero-order chi connectivity index (χ0) is 19.1. The van der Waals surface area contributed by atoms with Crippen molar-refractivity contribution >= 4 is 12.0 Å². The van der Waals surface area contributed by atoms with Crippen LogP contribution in [0.1, 0.15) is 11.1 Å². The van der Waals surface area contributed by atoms with Gasteiger partial charge in [-0.05, 0) is 23.6 Å². The Labute approximate surface area is 159 Å². The van der Waals surface area contributed by atoms with Gasteiger partial charge in [-0.2, -0.15) is 0 Å². The molecule has 0 saturated carbocycles. The summed E-state index contributed by atoms with van der Waals surface area (Å²) in [4.78, 5) is 14.6. The van der Waals surface area contributed by atoms with E-state index in [0.717, 1.165) is 16.9 Å². The number of carbonyl (C=O) groups is 1. The molecule has 2 aromatic carbocycles. The Morgan fingerprint density at radius 2 is 2.07 bits per heavy atom. The molecule has 0 aromatic heterocycles. The quantitative estimate of drug-likeness (QED) is 0.818. The summed E-state index contributed by atoms with van der Waals surface area (Å²) in [6.07, 6.45) is 4.54. The number of rotatable bonds is 7. The van der Waals surface area contributed by atoms with Gasteiger partial charge in [0.05, 0.1) is 19.6 Å². The molecule has 1 aliphatic heterocycles. The lowest BCUT2D eigenvalue weighted by Gasteiger charge is -2.30. The standard InChI is InChI=1S/C22H25NO4/c1-26-20-11-5-10-18-15-19(16-27-21(18)20)22(25)23(13-14-24)12-6-9-17-7-3-2-4-8-17/h2-11,19,24H,12-16H2,1H3/b9-6+. The van der Waals surface area contributed by atoms with Crippen molar-refractivity contribution in [1.29, 1.82) is 0 Å². The van der Waals surface area contributed by atoms with Crippen LogP contribution in [0.25, 0.3) is 6.08 Å². The molecule has 1 amide bonds. The van der Waals surface area contributed by atoms with Crippen molar-refractivity contribution in [3.05, 3.63) is 65.7 Å². The fourth-order valence-electron chi connectivity index (χ4n) is 3.26. The smallest absolute Gasteiger partial charge is 0.229 e. The van der Waals surface area contributed by atoms with Crippen LogP contribution >= 0.6 is 0 Å². The third kappa shape index (κ3) is 4.68. The number of nitrogens with zero attached hydrogens (tertiary/aromatic N) is 1. The average Bonchev–Trinajstić information content (AvgIpc) is 2.72. The fourth-order valence-corrected chi connectivity index (χ4v) is 3.26. The summed E-state index contributed by atoms with van der Waals surface area (Å²) in [5.74, 6) is 1.15. The van der Waals surface area contributed by atoms with E-state index < -0.39 is 0 Å². The molecule has 1 atom stereocenters. The monoisotopic (exact) mass is 367 g/mol. The number of hydrogen-bond donors (Lipinski definition) is 1. The Morgan fingerprint density at radius 3 is 2.81 bits per heavy atom. The van der Waals surface area contributed by atoms with Crippen molar-refractivity contribution < 1.29 is 19.4 Å². The van der Waals surface area contributed by atoms with E-state index in [4.69, 9.17) is 9.47 Å². The second-order valence-electron chi connectivity index (χ2n) is 6.48. The SMILES string of the molecule is COc1cccc2c1OCC(C(=O)N(C/C=C/c1ccccc1)CCO)C2. The lowest BCUT2D eigenvalue weighted by Crippen LogP contribution is -2.42. The van der Waals surface area contributed by atoms with E-state index in [1.54, 1.807) is 12.0 Å². The number of methoxy groups -OCH3 is 1. The number of carbonyl (C=O) groups excluding carboxylic acids is 1. The lowest BCUT2D eigenvalue weighted by atomic mass is 9.95. The van der Waals surface area contributed by atoms with Crippen LogP contribution in [0.2, 0.25) is 0 Å². The average molecular weight is 367 g/mol. The first kappa shape index (κ1) is 19.0. The largest absolute Gasteiger partial charge is 0.493 e. The fraction of sp³-hybridized carbons (Fsp3) is 0.318. The van der Waals surface area contributed by atoms with Crippen molar-refractivity contribution in [2.24, 2.45) is 5.92 Å². The molecule has 3 rings (SSSR count). The van der Waals surface area contributed by atoms with Gasteiger partial charge in [-0.3, -0.25) is 4.79 Å². The molecule has 0 spiro atoms. The van der Waals surface area contributed by atoms with Gasteiger partial charge in [0.25, 0.3) is 0 Å². The molecule has 0 radical (unpaired) electrons. The molecule has 0 fully saturated rings. The predicted molar refractivity (Wildman–Crippen MR) is 105 cm³/mol. The van der Waals surface area contributed by atoms with Gasteiger partial charge in [-0.15, -0.1) is 0 Å². The Morgan fingerprint density at radius 1 is 1.26 bits per heavy atom. The van der Waals surface area contributed by atoms with Crippen molar-refractivity contribution in [2.45, 2.75) is 6.42 Å². The number of ether oxygens (including phenoxy) is 2. The van der Waals surface area contributed by atoms with Crippen LogP contribution in [0.4, 0.5) is 0 Å². The van der Waals surface area contributed by atoms with E-state index in [1.165, 1.54) is 0 Å². The predicted octanol–water partition coefficient (Wildman–Crippen LogP) is 2.78. The summed E-state index contributed by atoms with van der Waals surface area (Å²) in [5, 5.41) is 9.36. The van der Waals surface area contributed by atoms with Gasteiger partial charge in [-0.1, -0.05) is 54.6 Å². The molecular formula is C22H25NO4. The summed E-state index contributed by atoms with van der Waals surface area (Å²) in [6.45, 7) is 1.01. The van der Waals surface area contributed by atoms with E-state index in [0.29, 0.717) is 31.9 Å². The molecule has 1 heterocycles. The number of aliphatic hydroxyl groups excluding tert-OH is 1. The number of hydrogen-bond acceptors (Lipinski definition) is 4. The first-order chi connectivity index (χ1) is 13.2. The van der Waals surface area contributed by atoms with Crippen LogP contribution < -0.4 is 9.47 Å². The Kier molecular flexibility index (Phi) is 6.49. The van der Waals surface area contributed by atoms with Crippen LogP contribution in [-0.4, -0.2) is 49.3 Å². The molecule has 1 aliphatic rings. The molecular weight excluding hydrogens is 342 g/mol. The van der Waals surface area contributed by atoms with Crippen LogP contribution in [0.3, 0.4) is 0 Å². The first-order valence-corrected chi connectivity index (χ1v) is 9.13. The minimum atomic E-state index is -0.263. The molecule has 0 aliphatic carbocycles. The van der Waals surface area contributed by atoms with Gasteiger partial charge in [0.15, 0.2) is 11.5 Å². The maximum absolute atomic E-state index is 13.0. The van der Waals surface area contributed by atoms with Crippen molar-refractivity contribution in [2.75, 3.05) is 33.4 Å². The number of aliphatic hydroxyl groups is 1. The first-order valence-electron chi connectivity index (χ1n) is 9.13. The molecule has 2 aromatic rings. The van der Waals surface area contributed by atoms with Crippen molar-refractivity contribution in [1.82, 2.24) is 4.90 Å². The number of fused-ring (bicyclic) bond motifs is 1. The minimum absolute atomic E-state index is 0.00442. The van der Waals surface area contributed by atoms with Gasteiger partial charge < -0.3 is 19.5 Å². The van der Waals surface area contributed by atoms with Crippen LogP contribution in [-0.2, 0) is 11.2 Å². The molecule has 1 N–H and O–H groups in total. The number of benzene rings is 2. The summed E-state index contributed by atoms with van der Waals surface area (Å²) < 4.78 is 11.2. The topological polar surface area (TPSA) is 59.0 Å². The highest BCUT2D eigenvalue weighted by atomic mass is 16.5.